The van der Waals surface area contributed by atoms with E-state index in [9.17, 15) is 9.59 Å². The van der Waals surface area contributed by atoms with E-state index in [2.05, 4.69) is 17.9 Å². The lowest BCUT2D eigenvalue weighted by molar-refractivity contribution is -0.144. The first-order valence-electron chi connectivity index (χ1n) is 9.96. The van der Waals surface area contributed by atoms with E-state index in [1.54, 1.807) is 11.8 Å². The molecule has 0 fully saturated rings. The molecule has 0 spiro atoms. The van der Waals surface area contributed by atoms with E-state index in [0.29, 0.717) is 13.2 Å². The Labute approximate surface area is 159 Å². The molecule has 6 heteroatoms. The molecule has 4 rings (SSSR count). The van der Waals surface area contributed by atoms with Gasteiger partial charge in [-0.15, -0.1) is 0 Å². The summed E-state index contributed by atoms with van der Waals surface area (Å²) in [6.07, 6.45) is 3.25. The van der Waals surface area contributed by atoms with Crippen LogP contribution in [0.15, 0.2) is 24.3 Å². The van der Waals surface area contributed by atoms with Gasteiger partial charge in [-0.1, -0.05) is 31.5 Å². The van der Waals surface area contributed by atoms with Crippen LogP contribution in [-0.2, 0) is 16.0 Å². The van der Waals surface area contributed by atoms with Crippen molar-refractivity contribution >= 4 is 22.9 Å². The molecule has 1 amide bonds. The zero-order chi connectivity index (χ0) is 19.0. The van der Waals surface area contributed by atoms with Crippen LogP contribution in [0.3, 0.4) is 0 Å². The first kappa shape index (κ1) is 18.0. The Morgan fingerprint density at radius 2 is 2.07 bits per heavy atom. The molecule has 2 aromatic rings. The lowest BCUT2D eigenvalue weighted by atomic mass is 9.95. The maximum absolute atomic E-state index is 13.3. The molecule has 3 heterocycles. The maximum Gasteiger partial charge on any atom is 0.329 e. The average molecular weight is 369 g/mol. The Balaban J connectivity index is 1.78. The van der Waals surface area contributed by atoms with Crippen LogP contribution < -0.4 is 0 Å². The van der Waals surface area contributed by atoms with Crippen LogP contribution in [-0.4, -0.2) is 59.2 Å². The van der Waals surface area contributed by atoms with Gasteiger partial charge in [-0.3, -0.25) is 14.3 Å². The summed E-state index contributed by atoms with van der Waals surface area (Å²) in [4.78, 5) is 29.4. The molecule has 0 radical (unpaired) electrons. The van der Waals surface area contributed by atoms with E-state index >= 15 is 0 Å². The fourth-order valence-electron chi connectivity index (χ4n) is 4.48. The van der Waals surface area contributed by atoms with Crippen molar-refractivity contribution in [1.82, 2.24) is 14.4 Å². The van der Waals surface area contributed by atoms with Gasteiger partial charge in [-0.2, -0.15) is 0 Å². The van der Waals surface area contributed by atoms with E-state index in [-0.39, 0.29) is 24.6 Å². The standard InChI is InChI=1S/C21H27N3O3/c1-3-5-11-22-12-10-16-15-8-6-7-9-17(15)24-20(16)18(22)13-23(21(24)26)14-19(25)27-4-2/h6-9,18H,3-5,10-14H2,1-2H3. The summed E-state index contributed by atoms with van der Waals surface area (Å²) in [5.74, 6) is -0.345. The predicted octanol–water partition coefficient (Wildman–Crippen LogP) is 3.19. The summed E-state index contributed by atoms with van der Waals surface area (Å²) < 4.78 is 6.94. The van der Waals surface area contributed by atoms with Gasteiger partial charge in [0.15, 0.2) is 0 Å². The highest BCUT2D eigenvalue weighted by Gasteiger charge is 2.41. The number of fused-ring (bicyclic) bond motifs is 3. The number of rotatable bonds is 6. The number of hydrogen-bond donors (Lipinski definition) is 0. The van der Waals surface area contributed by atoms with Crippen molar-refractivity contribution in [3.63, 3.8) is 0 Å². The molecular formula is C21H27N3O3. The zero-order valence-electron chi connectivity index (χ0n) is 16.1. The molecule has 0 saturated carbocycles. The van der Waals surface area contributed by atoms with Crippen LogP contribution in [0.5, 0.6) is 0 Å². The molecule has 2 aliphatic rings. The fourth-order valence-corrected chi connectivity index (χ4v) is 4.48. The lowest BCUT2D eigenvalue weighted by Crippen LogP contribution is -2.52. The Kier molecular flexibility index (Phi) is 4.91. The number of esters is 1. The second-order valence-electron chi connectivity index (χ2n) is 7.34. The van der Waals surface area contributed by atoms with Crippen molar-refractivity contribution in [1.29, 1.82) is 0 Å². The van der Waals surface area contributed by atoms with E-state index in [0.717, 1.165) is 43.6 Å². The molecule has 2 aliphatic heterocycles. The van der Waals surface area contributed by atoms with Crippen molar-refractivity contribution in [3.05, 3.63) is 35.5 Å². The summed E-state index contributed by atoms with van der Waals surface area (Å²) in [5, 5.41) is 1.17. The van der Waals surface area contributed by atoms with Crippen LogP contribution in [0.1, 0.15) is 44.0 Å². The van der Waals surface area contributed by atoms with Gasteiger partial charge in [0, 0.05) is 18.5 Å². The van der Waals surface area contributed by atoms with Gasteiger partial charge in [0.25, 0.3) is 0 Å². The minimum Gasteiger partial charge on any atom is -0.465 e. The van der Waals surface area contributed by atoms with Crippen molar-refractivity contribution in [2.45, 2.75) is 39.2 Å². The second kappa shape index (κ2) is 7.35. The quantitative estimate of drug-likeness (QED) is 0.734. The smallest absolute Gasteiger partial charge is 0.329 e. The van der Waals surface area contributed by atoms with Crippen LogP contribution in [0.25, 0.3) is 10.9 Å². The number of nitrogens with zero attached hydrogens (tertiary/aromatic N) is 3. The summed E-state index contributed by atoms with van der Waals surface area (Å²) in [7, 11) is 0. The molecule has 27 heavy (non-hydrogen) atoms. The molecule has 1 aromatic heterocycles. The number of ether oxygens (including phenoxy) is 1. The highest BCUT2D eigenvalue weighted by Crippen LogP contribution is 2.40. The molecule has 6 nitrogen and oxygen atoms in total. The maximum atomic E-state index is 13.3. The van der Waals surface area contributed by atoms with Gasteiger partial charge in [0.05, 0.1) is 23.9 Å². The summed E-state index contributed by atoms with van der Waals surface area (Å²) in [6.45, 7) is 6.87. The summed E-state index contributed by atoms with van der Waals surface area (Å²) in [6, 6.07) is 8.14. The van der Waals surface area contributed by atoms with E-state index in [4.69, 9.17) is 4.74 Å². The highest BCUT2D eigenvalue weighted by atomic mass is 16.5. The van der Waals surface area contributed by atoms with E-state index in [1.807, 2.05) is 22.8 Å². The van der Waals surface area contributed by atoms with Gasteiger partial charge in [-0.25, -0.2) is 4.79 Å². The number of aromatic nitrogens is 1. The Bertz CT molecular complexity index is 873. The first-order valence-corrected chi connectivity index (χ1v) is 9.96. The van der Waals surface area contributed by atoms with Gasteiger partial charge in [0.1, 0.15) is 6.54 Å². The van der Waals surface area contributed by atoms with Crippen molar-refractivity contribution in [2.24, 2.45) is 0 Å². The summed E-state index contributed by atoms with van der Waals surface area (Å²) >= 11 is 0. The molecule has 0 bridgehead atoms. The normalized spacial score (nSPS) is 19.4. The van der Waals surface area contributed by atoms with Crippen molar-refractivity contribution < 1.29 is 14.3 Å². The molecule has 1 aromatic carbocycles. The Morgan fingerprint density at radius 1 is 1.26 bits per heavy atom. The van der Waals surface area contributed by atoms with Gasteiger partial charge in [-0.05, 0) is 37.9 Å². The van der Waals surface area contributed by atoms with E-state index in [1.165, 1.54) is 10.9 Å². The largest absolute Gasteiger partial charge is 0.465 e. The predicted molar refractivity (Wildman–Crippen MR) is 104 cm³/mol. The first-order chi connectivity index (χ1) is 13.2. The monoisotopic (exact) mass is 369 g/mol. The minimum atomic E-state index is -0.345. The van der Waals surface area contributed by atoms with E-state index < -0.39 is 0 Å². The second-order valence-corrected chi connectivity index (χ2v) is 7.34. The molecule has 1 unspecified atom stereocenters. The van der Waals surface area contributed by atoms with Crippen LogP contribution in [0, 0.1) is 0 Å². The number of hydrogen-bond acceptors (Lipinski definition) is 4. The number of carbonyl (C=O) groups is 2. The number of carbonyl (C=O) groups excluding carboxylic acids is 2. The SMILES string of the molecule is CCCCN1CCc2c3n(c4ccccc24)C(=O)N(CC(=O)OCC)CC31. The Hall–Kier alpha value is -2.34. The number of benzene rings is 1. The van der Waals surface area contributed by atoms with Gasteiger partial charge in [0.2, 0.25) is 0 Å². The third-order valence-electron chi connectivity index (χ3n) is 5.70. The highest BCUT2D eigenvalue weighted by molar-refractivity contribution is 5.97. The number of para-hydroxylation sites is 1. The molecule has 1 atom stereocenters. The molecule has 0 aliphatic carbocycles. The topological polar surface area (TPSA) is 54.8 Å². The van der Waals surface area contributed by atoms with Crippen LogP contribution in [0.2, 0.25) is 0 Å². The Morgan fingerprint density at radius 3 is 2.85 bits per heavy atom. The lowest BCUT2D eigenvalue weighted by Gasteiger charge is -2.42. The fraction of sp³-hybridized carbons (Fsp3) is 0.524. The number of unbranched alkanes of at least 4 members (excludes halogenated alkanes) is 1. The third kappa shape index (κ3) is 3.02. The zero-order valence-corrected chi connectivity index (χ0v) is 16.1. The average Bonchev–Trinajstić information content (AvgIpc) is 3.01. The van der Waals surface area contributed by atoms with Crippen LogP contribution in [0.4, 0.5) is 4.79 Å². The van der Waals surface area contributed by atoms with Gasteiger partial charge < -0.3 is 9.64 Å². The van der Waals surface area contributed by atoms with Crippen molar-refractivity contribution in [3.8, 4) is 0 Å². The van der Waals surface area contributed by atoms with Gasteiger partial charge >= 0.3 is 12.0 Å². The molecular weight excluding hydrogens is 342 g/mol. The number of amides is 1. The molecule has 0 saturated heterocycles. The minimum absolute atomic E-state index is 0.00602. The molecule has 144 valence electrons. The van der Waals surface area contributed by atoms with Crippen LogP contribution >= 0.6 is 0 Å². The van der Waals surface area contributed by atoms with Crippen molar-refractivity contribution in [2.75, 3.05) is 32.8 Å². The molecule has 0 N–H and O–H groups in total. The summed E-state index contributed by atoms with van der Waals surface area (Å²) in [5.41, 5.74) is 3.37. The third-order valence-corrected chi connectivity index (χ3v) is 5.70.